The van der Waals surface area contributed by atoms with Crippen molar-refractivity contribution >= 4 is 64.1 Å². The van der Waals surface area contributed by atoms with E-state index in [-0.39, 0.29) is 57.6 Å². The molecule has 3 heterocycles. The maximum atomic E-state index is 14.6. The van der Waals surface area contributed by atoms with Crippen LogP contribution in [0.4, 0.5) is 0 Å². The van der Waals surface area contributed by atoms with Gasteiger partial charge >= 0.3 is 0 Å². The second kappa shape index (κ2) is 26.1. The highest BCUT2D eigenvalue weighted by molar-refractivity contribution is 5.98. The molecule has 7 unspecified atom stereocenters. The number of rotatable bonds is 26. The van der Waals surface area contributed by atoms with Crippen molar-refractivity contribution in [3.05, 3.63) is 90.1 Å². The summed E-state index contributed by atoms with van der Waals surface area (Å²) in [5.41, 5.74) is 19.7. The minimum atomic E-state index is -1.31. The van der Waals surface area contributed by atoms with Crippen LogP contribution in [0.25, 0.3) is 10.9 Å². The van der Waals surface area contributed by atoms with E-state index in [0.717, 1.165) is 22.9 Å². The molecule has 4 aromatic rings. The van der Waals surface area contributed by atoms with Gasteiger partial charge in [0.25, 0.3) is 0 Å². The SMILES string of the molecule is CCCCC(NC(C)=O)C(=O)NC(C)C(=O)NC(Cc1cnc[nH]1)C(=O)NC(Cc1ccccc1)C(=O)NC(CCCN=C(N)N)C(=O)N1CCCC1C(=O)NC(Cc1c[nH]c2ccccc12)C(N)=O. The summed E-state index contributed by atoms with van der Waals surface area (Å²) in [6.45, 7) is 4.96. The van der Waals surface area contributed by atoms with Crippen LogP contribution in [0, 0.1) is 0 Å². The Morgan fingerprint density at radius 3 is 2.07 bits per heavy atom. The van der Waals surface area contributed by atoms with Crippen molar-refractivity contribution in [1.82, 2.24) is 51.8 Å². The van der Waals surface area contributed by atoms with E-state index in [0.29, 0.717) is 30.5 Å². The van der Waals surface area contributed by atoms with Gasteiger partial charge in [0.2, 0.25) is 47.3 Å². The normalized spacial score (nSPS) is 15.8. The van der Waals surface area contributed by atoms with Gasteiger partial charge in [0.15, 0.2) is 5.96 Å². The van der Waals surface area contributed by atoms with Crippen LogP contribution in [0.15, 0.2) is 78.3 Å². The topological polar surface area (TPSA) is 347 Å². The number of fused-ring (bicyclic) bond motifs is 1. The van der Waals surface area contributed by atoms with E-state index in [1.165, 1.54) is 31.3 Å². The first-order valence-corrected chi connectivity index (χ1v) is 23.5. The molecule has 5 rings (SSSR count). The van der Waals surface area contributed by atoms with Gasteiger partial charge in [0.05, 0.1) is 6.33 Å². The highest BCUT2D eigenvalue weighted by atomic mass is 16.2. The number of benzene rings is 2. The number of carbonyl (C=O) groups excluding carboxylic acids is 8. The van der Waals surface area contributed by atoms with Gasteiger partial charge in [-0.3, -0.25) is 43.3 Å². The molecule has 7 atom stereocenters. The Hall–Kier alpha value is -7.78. The Balaban J connectivity index is 1.35. The summed E-state index contributed by atoms with van der Waals surface area (Å²) >= 11 is 0. The lowest BCUT2D eigenvalue weighted by Gasteiger charge is -2.31. The Morgan fingerprint density at radius 1 is 0.743 bits per heavy atom. The molecule has 0 saturated carbocycles. The highest BCUT2D eigenvalue weighted by Gasteiger charge is 2.40. The molecular weight excluding hydrogens is 901 g/mol. The van der Waals surface area contributed by atoms with Crippen molar-refractivity contribution < 1.29 is 38.4 Å². The van der Waals surface area contributed by atoms with Crippen LogP contribution in [0.5, 0.6) is 0 Å². The van der Waals surface area contributed by atoms with Gasteiger partial charge in [-0.05, 0) is 56.2 Å². The molecule has 0 spiro atoms. The van der Waals surface area contributed by atoms with E-state index in [1.54, 1.807) is 36.5 Å². The zero-order valence-electron chi connectivity index (χ0n) is 39.8. The Bertz CT molecular complexity index is 2460. The van der Waals surface area contributed by atoms with Gasteiger partial charge < -0.3 is 64.0 Å². The number of carbonyl (C=O) groups is 8. The summed E-state index contributed by atoms with van der Waals surface area (Å²) in [4.78, 5) is 124. The van der Waals surface area contributed by atoms with Crippen LogP contribution in [0.1, 0.15) is 82.5 Å². The first-order valence-electron chi connectivity index (χ1n) is 23.5. The maximum Gasteiger partial charge on any atom is 0.245 e. The first kappa shape index (κ1) is 53.2. The fourth-order valence-corrected chi connectivity index (χ4v) is 8.30. The van der Waals surface area contributed by atoms with Crippen LogP contribution in [-0.2, 0) is 57.6 Å². The minimum Gasteiger partial charge on any atom is -0.370 e. The van der Waals surface area contributed by atoms with Crippen molar-refractivity contribution in [2.24, 2.45) is 22.2 Å². The number of para-hydroxylation sites is 1. The number of nitrogens with two attached hydrogens (primary N) is 3. The molecule has 376 valence electrons. The van der Waals surface area contributed by atoms with E-state index in [2.05, 4.69) is 51.8 Å². The number of aliphatic imine (C=N–C) groups is 1. The van der Waals surface area contributed by atoms with Gasteiger partial charge in [-0.1, -0.05) is 68.3 Å². The lowest BCUT2D eigenvalue weighted by atomic mass is 10.0. The zero-order chi connectivity index (χ0) is 50.7. The minimum absolute atomic E-state index is 0.0338. The van der Waals surface area contributed by atoms with Crippen LogP contribution in [0.2, 0.25) is 0 Å². The van der Waals surface area contributed by atoms with E-state index in [1.807, 2.05) is 31.2 Å². The molecule has 0 bridgehead atoms. The summed E-state index contributed by atoms with van der Waals surface area (Å²) in [5.74, 6) is -5.29. The van der Waals surface area contributed by atoms with Crippen LogP contribution < -0.4 is 49.1 Å². The molecule has 8 amide bonds. The number of unbranched alkanes of at least 4 members (excludes halogenated alkanes) is 1. The van der Waals surface area contributed by atoms with E-state index < -0.39 is 89.6 Å². The number of hydrogen-bond acceptors (Lipinski definition) is 10. The van der Waals surface area contributed by atoms with Gasteiger partial charge in [0.1, 0.15) is 42.3 Å². The first-order chi connectivity index (χ1) is 33.5. The number of aromatic nitrogens is 3. The fraction of sp³-hybridized carbons (Fsp3) is 0.458. The van der Waals surface area contributed by atoms with Crippen LogP contribution in [0.3, 0.4) is 0 Å². The molecule has 1 aliphatic rings. The molecule has 22 nitrogen and oxygen atoms in total. The highest BCUT2D eigenvalue weighted by Crippen LogP contribution is 2.22. The van der Waals surface area contributed by atoms with Gasteiger partial charge in [-0.2, -0.15) is 0 Å². The number of imidazole rings is 1. The third-order valence-electron chi connectivity index (χ3n) is 12.0. The number of primary amides is 1. The van der Waals surface area contributed by atoms with Crippen molar-refractivity contribution in [2.75, 3.05) is 13.1 Å². The van der Waals surface area contributed by atoms with Crippen molar-refractivity contribution in [3.63, 3.8) is 0 Å². The number of amides is 8. The van der Waals surface area contributed by atoms with Crippen molar-refractivity contribution in [1.29, 1.82) is 0 Å². The van der Waals surface area contributed by atoms with E-state index in [4.69, 9.17) is 17.2 Å². The second-order valence-electron chi connectivity index (χ2n) is 17.4. The number of nitrogens with one attached hydrogen (secondary N) is 8. The zero-order valence-corrected chi connectivity index (χ0v) is 39.8. The molecular formula is C48H66N14O8. The lowest BCUT2D eigenvalue weighted by Crippen LogP contribution is -2.60. The Kier molecular flexibility index (Phi) is 19.8. The molecule has 70 heavy (non-hydrogen) atoms. The van der Waals surface area contributed by atoms with E-state index in [9.17, 15) is 38.4 Å². The predicted octanol–water partition coefficient (Wildman–Crippen LogP) is -0.412. The maximum absolute atomic E-state index is 14.6. The third-order valence-corrected chi connectivity index (χ3v) is 12.0. The molecule has 0 aliphatic carbocycles. The molecule has 1 saturated heterocycles. The fourth-order valence-electron chi connectivity index (χ4n) is 8.30. The molecule has 1 aliphatic heterocycles. The monoisotopic (exact) mass is 967 g/mol. The second-order valence-corrected chi connectivity index (χ2v) is 17.4. The summed E-state index contributed by atoms with van der Waals surface area (Å²) < 4.78 is 0. The number of hydrogen-bond donors (Lipinski definition) is 11. The predicted molar refractivity (Wildman–Crippen MR) is 261 cm³/mol. The Morgan fingerprint density at radius 2 is 1.40 bits per heavy atom. The van der Waals surface area contributed by atoms with Crippen molar-refractivity contribution in [2.45, 2.75) is 127 Å². The molecule has 1 fully saturated rings. The van der Waals surface area contributed by atoms with Crippen molar-refractivity contribution in [3.8, 4) is 0 Å². The lowest BCUT2D eigenvalue weighted by molar-refractivity contribution is -0.142. The van der Waals surface area contributed by atoms with Crippen LogP contribution in [-0.4, -0.2) is 128 Å². The molecule has 0 radical (unpaired) electrons. The average molecular weight is 967 g/mol. The third kappa shape index (κ3) is 15.6. The summed E-state index contributed by atoms with van der Waals surface area (Å²) in [6.07, 6.45) is 7.38. The van der Waals surface area contributed by atoms with Gasteiger partial charge in [-0.25, -0.2) is 4.98 Å². The van der Waals surface area contributed by atoms with Gasteiger partial charge in [0, 0.05) is 68.3 Å². The van der Waals surface area contributed by atoms with Gasteiger partial charge in [-0.15, -0.1) is 0 Å². The quantitative estimate of drug-likeness (QED) is 0.0218. The summed E-state index contributed by atoms with van der Waals surface area (Å²) in [7, 11) is 0. The molecule has 2 aromatic carbocycles. The average Bonchev–Trinajstić information content (AvgIpc) is 4.13. The molecule has 22 heteroatoms. The Labute approximate surface area is 405 Å². The number of H-pyrrole nitrogens is 2. The largest absolute Gasteiger partial charge is 0.370 e. The number of aromatic amines is 2. The summed E-state index contributed by atoms with van der Waals surface area (Å²) in [6, 6.07) is 8.39. The van der Waals surface area contributed by atoms with E-state index >= 15 is 0 Å². The smallest absolute Gasteiger partial charge is 0.245 e. The number of guanidine groups is 1. The molecule has 2 aromatic heterocycles. The number of nitrogens with zero attached hydrogens (tertiary/aromatic N) is 3. The molecule has 14 N–H and O–H groups in total. The number of likely N-dealkylation sites (tertiary alicyclic amines) is 1. The van der Waals surface area contributed by atoms with Crippen LogP contribution >= 0.6 is 0 Å². The summed E-state index contributed by atoms with van der Waals surface area (Å²) in [5, 5.41) is 17.2. The standard InChI is InChI=1S/C48H66N14O8/c1-4-5-16-35(57-29(3)63)43(66)56-28(2)42(65)60-39(24-32-26-52-27-55-32)45(68)61-38(22-30-13-7-6-8-14-30)44(67)58-36(18-11-20-53-48(50)51)47(70)62-21-12-19-40(62)46(69)59-37(41(49)64)23-31-25-54-34-17-10-9-15-33(31)34/h6-10,13-15,17,25-28,35-40,54H,4-5,11-12,16,18-24H2,1-3H3,(H2,49,64)(H,52,55)(H,56,66)(H,57,63)(H,58,67)(H,59,69)(H,60,65)(H,61,68)(H4,50,51,53).